The highest BCUT2D eigenvalue weighted by atomic mass is 16.3. The average Bonchev–Trinajstić information content (AvgIpc) is 2.95. The molecular formula is C19H28N4O2. The highest BCUT2D eigenvalue weighted by Crippen LogP contribution is 2.20. The molecule has 0 aliphatic rings. The van der Waals surface area contributed by atoms with Crippen LogP contribution in [0.5, 0.6) is 0 Å². The van der Waals surface area contributed by atoms with E-state index in [0.29, 0.717) is 12.0 Å². The molecule has 0 fully saturated rings. The number of hydrogen-bond donors (Lipinski definition) is 2. The summed E-state index contributed by atoms with van der Waals surface area (Å²) in [5.74, 6) is 0.790. The molecule has 6 nitrogen and oxygen atoms in total. The van der Waals surface area contributed by atoms with Gasteiger partial charge in [0.2, 0.25) is 0 Å². The Bertz CT molecular complexity index is 716. The number of nitrogens with zero attached hydrogens (tertiary/aromatic N) is 3. The molecule has 1 amide bonds. The number of hydrogen-bond acceptors (Lipinski definition) is 4. The summed E-state index contributed by atoms with van der Waals surface area (Å²) >= 11 is 0. The summed E-state index contributed by atoms with van der Waals surface area (Å²) in [4.78, 5) is 17.0. The largest absolute Gasteiger partial charge is 0.390 e. The minimum absolute atomic E-state index is 0.133. The lowest BCUT2D eigenvalue weighted by atomic mass is 9.97. The van der Waals surface area contributed by atoms with Crippen LogP contribution >= 0.6 is 0 Å². The molecule has 0 saturated carbocycles. The molecule has 2 N–H and O–H groups in total. The van der Waals surface area contributed by atoms with Crippen LogP contribution in [0.4, 0.5) is 0 Å². The minimum Gasteiger partial charge on any atom is -0.390 e. The van der Waals surface area contributed by atoms with E-state index in [9.17, 15) is 9.90 Å². The summed E-state index contributed by atoms with van der Waals surface area (Å²) < 4.78 is 1.69. The summed E-state index contributed by atoms with van der Waals surface area (Å²) in [6, 6.07) is 7.33. The number of aliphatic hydroxyl groups is 1. The van der Waals surface area contributed by atoms with Gasteiger partial charge in [-0.25, -0.2) is 4.98 Å². The van der Waals surface area contributed by atoms with Crippen LogP contribution in [0.1, 0.15) is 61.9 Å². The van der Waals surface area contributed by atoms with Gasteiger partial charge in [0.25, 0.3) is 5.91 Å². The van der Waals surface area contributed by atoms with Gasteiger partial charge in [-0.3, -0.25) is 9.48 Å². The Balaban J connectivity index is 2.13. The van der Waals surface area contributed by atoms with Gasteiger partial charge in [0.1, 0.15) is 12.2 Å². The van der Waals surface area contributed by atoms with Gasteiger partial charge in [0.05, 0.1) is 11.6 Å². The Morgan fingerprint density at radius 1 is 1.36 bits per heavy atom. The van der Waals surface area contributed by atoms with Crippen LogP contribution in [-0.2, 0) is 13.5 Å². The second-order valence-corrected chi connectivity index (χ2v) is 7.45. The van der Waals surface area contributed by atoms with Gasteiger partial charge < -0.3 is 10.4 Å². The standard InChI is InChI=1S/C19H28N4O2/c1-13(2)16(17-20-12-21-23(17)5)22-18(24)15-8-6-7-14(11-15)9-10-19(3,4)25/h6-8,11-13,16,25H,9-10H2,1-5H3,(H,22,24)/t16-/m1/s1. The number of amides is 1. The number of carbonyl (C=O) groups is 1. The maximum Gasteiger partial charge on any atom is 0.251 e. The lowest BCUT2D eigenvalue weighted by Gasteiger charge is -2.21. The number of benzene rings is 1. The van der Waals surface area contributed by atoms with E-state index in [0.717, 1.165) is 17.8 Å². The van der Waals surface area contributed by atoms with Crippen molar-refractivity contribution in [1.29, 1.82) is 0 Å². The monoisotopic (exact) mass is 344 g/mol. The number of carbonyl (C=O) groups excluding carboxylic acids is 1. The summed E-state index contributed by atoms with van der Waals surface area (Å²) in [7, 11) is 1.82. The van der Waals surface area contributed by atoms with E-state index in [4.69, 9.17) is 0 Å². The number of aryl methyl sites for hydroxylation is 2. The molecule has 1 aromatic heterocycles. The zero-order valence-corrected chi connectivity index (χ0v) is 15.7. The second-order valence-electron chi connectivity index (χ2n) is 7.45. The van der Waals surface area contributed by atoms with Crippen LogP contribution in [0.15, 0.2) is 30.6 Å². The first-order chi connectivity index (χ1) is 11.7. The minimum atomic E-state index is -0.716. The molecule has 25 heavy (non-hydrogen) atoms. The van der Waals surface area contributed by atoms with Gasteiger partial charge in [-0.2, -0.15) is 5.10 Å². The molecule has 0 aliphatic carbocycles. The van der Waals surface area contributed by atoms with Gasteiger partial charge in [0, 0.05) is 12.6 Å². The lowest BCUT2D eigenvalue weighted by Crippen LogP contribution is -2.33. The van der Waals surface area contributed by atoms with Gasteiger partial charge in [-0.05, 0) is 50.3 Å². The fraction of sp³-hybridized carbons (Fsp3) is 0.526. The molecule has 2 rings (SSSR count). The fourth-order valence-electron chi connectivity index (χ4n) is 2.66. The van der Waals surface area contributed by atoms with Gasteiger partial charge >= 0.3 is 0 Å². The molecule has 0 radical (unpaired) electrons. The van der Waals surface area contributed by atoms with E-state index in [-0.39, 0.29) is 17.9 Å². The molecule has 136 valence electrons. The predicted octanol–water partition coefficient (Wildman–Crippen LogP) is 2.65. The topological polar surface area (TPSA) is 80.0 Å². The molecule has 0 saturated heterocycles. The molecular weight excluding hydrogens is 316 g/mol. The Morgan fingerprint density at radius 3 is 2.64 bits per heavy atom. The van der Waals surface area contributed by atoms with E-state index in [1.807, 2.05) is 39.1 Å². The summed E-state index contributed by atoms with van der Waals surface area (Å²) in [6.45, 7) is 7.66. The molecule has 2 aromatic rings. The third kappa shape index (κ3) is 5.39. The highest BCUT2D eigenvalue weighted by molar-refractivity contribution is 5.94. The third-order valence-electron chi connectivity index (χ3n) is 4.19. The van der Waals surface area contributed by atoms with E-state index in [1.54, 1.807) is 24.6 Å². The Morgan fingerprint density at radius 2 is 2.08 bits per heavy atom. The van der Waals surface area contributed by atoms with Crippen LogP contribution in [0.25, 0.3) is 0 Å². The maximum absolute atomic E-state index is 12.7. The van der Waals surface area contributed by atoms with E-state index in [2.05, 4.69) is 15.4 Å². The molecule has 1 atom stereocenters. The molecule has 0 bridgehead atoms. The lowest BCUT2D eigenvalue weighted by molar-refractivity contribution is 0.0714. The van der Waals surface area contributed by atoms with Crippen molar-refractivity contribution < 1.29 is 9.90 Å². The average molecular weight is 344 g/mol. The maximum atomic E-state index is 12.7. The van der Waals surface area contributed by atoms with Crippen molar-refractivity contribution in [3.05, 3.63) is 47.5 Å². The van der Waals surface area contributed by atoms with E-state index < -0.39 is 5.60 Å². The van der Waals surface area contributed by atoms with Crippen molar-refractivity contribution in [3.63, 3.8) is 0 Å². The van der Waals surface area contributed by atoms with Gasteiger partial charge in [-0.1, -0.05) is 26.0 Å². The molecule has 0 spiro atoms. The van der Waals surface area contributed by atoms with Crippen LogP contribution < -0.4 is 5.32 Å². The predicted molar refractivity (Wildman–Crippen MR) is 97.1 cm³/mol. The molecule has 6 heteroatoms. The van der Waals surface area contributed by atoms with Crippen molar-refractivity contribution in [1.82, 2.24) is 20.1 Å². The summed E-state index contributed by atoms with van der Waals surface area (Å²) in [6.07, 6.45) is 2.86. The molecule has 0 unspecified atom stereocenters. The van der Waals surface area contributed by atoms with Crippen molar-refractivity contribution in [3.8, 4) is 0 Å². The number of rotatable bonds is 7. The Hall–Kier alpha value is -2.21. The molecule has 1 heterocycles. The van der Waals surface area contributed by atoms with Crippen molar-refractivity contribution in [2.45, 2.75) is 52.2 Å². The highest BCUT2D eigenvalue weighted by Gasteiger charge is 2.23. The number of aromatic nitrogens is 3. The first-order valence-corrected chi connectivity index (χ1v) is 8.63. The smallest absolute Gasteiger partial charge is 0.251 e. The third-order valence-corrected chi connectivity index (χ3v) is 4.19. The normalized spacial score (nSPS) is 13.1. The van der Waals surface area contributed by atoms with E-state index >= 15 is 0 Å². The van der Waals surface area contributed by atoms with Crippen LogP contribution in [0, 0.1) is 5.92 Å². The SMILES string of the molecule is CC(C)[C@@H](NC(=O)c1cccc(CCC(C)(C)O)c1)c1ncnn1C. The summed E-state index contributed by atoms with van der Waals surface area (Å²) in [5, 5.41) is 17.0. The van der Waals surface area contributed by atoms with Gasteiger partial charge in [0.15, 0.2) is 0 Å². The summed E-state index contributed by atoms with van der Waals surface area (Å²) in [5.41, 5.74) is 0.933. The fourth-order valence-corrected chi connectivity index (χ4v) is 2.66. The zero-order chi connectivity index (χ0) is 18.6. The van der Waals surface area contributed by atoms with Crippen LogP contribution in [0.2, 0.25) is 0 Å². The van der Waals surface area contributed by atoms with Crippen LogP contribution in [-0.4, -0.2) is 31.4 Å². The first-order valence-electron chi connectivity index (χ1n) is 8.63. The Kier molecular flexibility index (Phi) is 5.95. The van der Waals surface area contributed by atoms with Crippen molar-refractivity contribution >= 4 is 5.91 Å². The Labute approximate surface area is 149 Å². The van der Waals surface area contributed by atoms with Crippen molar-refractivity contribution in [2.75, 3.05) is 0 Å². The number of nitrogens with one attached hydrogen (secondary N) is 1. The molecule has 1 aromatic carbocycles. The van der Waals surface area contributed by atoms with Gasteiger partial charge in [-0.15, -0.1) is 0 Å². The van der Waals surface area contributed by atoms with E-state index in [1.165, 1.54) is 6.33 Å². The molecule has 0 aliphatic heterocycles. The first kappa shape index (κ1) is 19.1. The zero-order valence-electron chi connectivity index (χ0n) is 15.7. The van der Waals surface area contributed by atoms with Crippen LogP contribution in [0.3, 0.4) is 0 Å². The quantitative estimate of drug-likeness (QED) is 0.809. The second kappa shape index (κ2) is 7.78. The van der Waals surface area contributed by atoms with Crippen molar-refractivity contribution in [2.24, 2.45) is 13.0 Å².